The van der Waals surface area contributed by atoms with Crippen molar-refractivity contribution in [3.8, 4) is 22.8 Å². The zero-order valence-corrected chi connectivity index (χ0v) is 22.0. The third-order valence-corrected chi connectivity index (χ3v) is 8.76. The van der Waals surface area contributed by atoms with Gasteiger partial charge in [-0.25, -0.2) is 14.6 Å². The van der Waals surface area contributed by atoms with Crippen molar-refractivity contribution in [3.63, 3.8) is 0 Å². The third-order valence-electron chi connectivity index (χ3n) is 8.76. The van der Waals surface area contributed by atoms with Gasteiger partial charge in [-0.15, -0.1) is 0 Å². The molecule has 0 radical (unpaired) electrons. The van der Waals surface area contributed by atoms with E-state index in [-0.39, 0.29) is 0 Å². The first kappa shape index (κ1) is 23.9. The fourth-order valence-electron chi connectivity index (χ4n) is 5.95. The molecule has 2 N–H and O–H groups in total. The number of ether oxygens (including phenoxy) is 1. The van der Waals surface area contributed by atoms with Crippen LogP contribution in [0, 0.1) is 5.41 Å². The maximum atomic E-state index is 6.38. The van der Waals surface area contributed by atoms with Crippen molar-refractivity contribution in [2.45, 2.75) is 64.5 Å². The molecule has 2 aromatic carbocycles. The third kappa shape index (κ3) is 4.35. The Morgan fingerprint density at radius 2 is 1.65 bits per heavy atom. The Labute approximate surface area is 218 Å². The van der Waals surface area contributed by atoms with E-state index >= 15 is 0 Å². The van der Waals surface area contributed by atoms with Crippen LogP contribution in [0.4, 0.5) is 5.82 Å². The molecule has 7 nitrogen and oxygen atoms in total. The summed E-state index contributed by atoms with van der Waals surface area (Å²) in [6.07, 6.45) is 7.44. The summed E-state index contributed by atoms with van der Waals surface area (Å²) < 4.78 is 8.09. The van der Waals surface area contributed by atoms with Crippen LogP contribution < -0.4 is 10.5 Å². The first-order chi connectivity index (χ1) is 17.9. The molecule has 1 saturated heterocycles. The van der Waals surface area contributed by atoms with Crippen LogP contribution in [-0.4, -0.2) is 43.3 Å². The number of fused-ring (bicyclic) bond motifs is 1. The van der Waals surface area contributed by atoms with Crippen LogP contribution >= 0.6 is 0 Å². The summed E-state index contributed by atoms with van der Waals surface area (Å²) >= 11 is 0. The van der Waals surface area contributed by atoms with Gasteiger partial charge in [0.25, 0.3) is 0 Å². The molecule has 37 heavy (non-hydrogen) atoms. The zero-order chi connectivity index (χ0) is 25.6. The lowest BCUT2D eigenvalue weighted by atomic mass is 9.66. The highest BCUT2D eigenvalue weighted by atomic mass is 16.5. The molecule has 4 aromatic rings. The minimum absolute atomic E-state index is 0.297. The zero-order valence-electron chi connectivity index (χ0n) is 22.0. The molecule has 0 bridgehead atoms. The van der Waals surface area contributed by atoms with Crippen molar-refractivity contribution in [2.75, 3.05) is 18.8 Å². The predicted molar refractivity (Wildman–Crippen MR) is 148 cm³/mol. The Kier molecular flexibility index (Phi) is 5.91. The lowest BCUT2D eigenvalue weighted by Gasteiger charge is -2.59. The smallest absolute Gasteiger partial charge is 0.164 e. The van der Waals surface area contributed by atoms with Crippen molar-refractivity contribution < 1.29 is 4.74 Å². The van der Waals surface area contributed by atoms with Crippen molar-refractivity contribution in [2.24, 2.45) is 5.41 Å². The van der Waals surface area contributed by atoms with Gasteiger partial charge in [-0.05, 0) is 87.8 Å². The van der Waals surface area contributed by atoms with E-state index in [1.165, 1.54) is 32.4 Å². The average Bonchev–Trinajstić information content (AvgIpc) is 3.29. The Bertz CT molecular complexity index is 1380. The Hall–Kier alpha value is -3.45. The van der Waals surface area contributed by atoms with Gasteiger partial charge in [-0.3, -0.25) is 4.90 Å². The highest BCUT2D eigenvalue weighted by Crippen LogP contribution is 2.50. The van der Waals surface area contributed by atoms with Crippen LogP contribution in [0.15, 0.2) is 60.9 Å². The Balaban J connectivity index is 1.23. The van der Waals surface area contributed by atoms with Crippen LogP contribution in [-0.2, 0) is 0 Å². The van der Waals surface area contributed by atoms with Crippen molar-refractivity contribution >= 4 is 16.9 Å². The summed E-state index contributed by atoms with van der Waals surface area (Å²) in [7, 11) is 0. The number of nitrogens with zero attached hydrogens (tertiary/aromatic N) is 5. The number of hydrogen-bond donors (Lipinski definition) is 1. The highest BCUT2D eigenvalue weighted by molar-refractivity contribution is 5.98. The fraction of sp³-hybridized carbons (Fsp3) is 0.433. The second-order valence-electron chi connectivity index (χ2n) is 11.4. The largest absolute Gasteiger partial charge is 0.457 e. The van der Waals surface area contributed by atoms with Gasteiger partial charge in [0, 0.05) is 24.2 Å². The minimum atomic E-state index is 0.297. The van der Waals surface area contributed by atoms with Gasteiger partial charge in [0.1, 0.15) is 29.3 Å². The second-order valence-corrected chi connectivity index (χ2v) is 11.4. The van der Waals surface area contributed by atoms with Gasteiger partial charge in [-0.1, -0.05) is 25.1 Å². The van der Waals surface area contributed by atoms with Crippen LogP contribution in [0.1, 0.15) is 58.9 Å². The molecule has 3 heterocycles. The number of likely N-dealkylation sites (tertiary alicyclic amines) is 1. The monoisotopic (exact) mass is 496 g/mol. The number of anilines is 1. The van der Waals surface area contributed by atoms with E-state index in [1.807, 2.05) is 54.6 Å². The molecule has 1 spiro atoms. The first-order valence-corrected chi connectivity index (χ1v) is 13.4. The average molecular weight is 497 g/mol. The van der Waals surface area contributed by atoms with E-state index in [0.717, 1.165) is 46.6 Å². The maximum Gasteiger partial charge on any atom is 0.164 e. The van der Waals surface area contributed by atoms with E-state index in [1.54, 1.807) is 6.33 Å². The molecular formula is C30H36N6O. The molecule has 2 aromatic heterocycles. The summed E-state index contributed by atoms with van der Waals surface area (Å²) in [5.41, 5.74) is 9.79. The number of hydrogen-bond acceptors (Lipinski definition) is 6. The van der Waals surface area contributed by atoms with E-state index in [2.05, 4.69) is 40.3 Å². The summed E-state index contributed by atoms with van der Waals surface area (Å²) in [4.78, 5) is 11.6. The normalized spacial score (nSPS) is 18.2. The van der Waals surface area contributed by atoms with Crippen molar-refractivity contribution in [3.05, 3.63) is 60.9 Å². The summed E-state index contributed by atoms with van der Waals surface area (Å²) in [6.45, 7) is 9.47. The number of rotatable bonds is 6. The summed E-state index contributed by atoms with van der Waals surface area (Å²) in [5, 5.41) is 5.93. The topological polar surface area (TPSA) is 82.1 Å². The number of para-hydroxylation sites is 1. The maximum absolute atomic E-state index is 6.38. The fourth-order valence-corrected chi connectivity index (χ4v) is 5.95. The molecule has 1 saturated carbocycles. The highest BCUT2D eigenvalue weighted by Gasteiger charge is 2.49. The van der Waals surface area contributed by atoms with Gasteiger partial charge in [0.2, 0.25) is 0 Å². The number of benzene rings is 2. The van der Waals surface area contributed by atoms with Gasteiger partial charge in [0.15, 0.2) is 5.65 Å². The van der Waals surface area contributed by atoms with E-state index in [0.29, 0.717) is 22.8 Å². The first-order valence-electron chi connectivity index (χ1n) is 13.4. The molecule has 0 atom stereocenters. The number of aromatic nitrogens is 4. The van der Waals surface area contributed by atoms with Gasteiger partial charge in [-0.2, -0.15) is 5.10 Å². The Morgan fingerprint density at radius 3 is 2.32 bits per heavy atom. The van der Waals surface area contributed by atoms with Gasteiger partial charge < -0.3 is 10.5 Å². The van der Waals surface area contributed by atoms with Crippen LogP contribution in [0.5, 0.6) is 11.5 Å². The molecule has 2 fully saturated rings. The van der Waals surface area contributed by atoms with Crippen molar-refractivity contribution in [1.29, 1.82) is 0 Å². The number of nitrogens with two attached hydrogens (primary N) is 1. The van der Waals surface area contributed by atoms with Gasteiger partial charge in [0.05, 0.1) is 11.4 Å². The van der Waals surface area contributed by atoms with Crippen LogP contribution in [0.25, 0.3) is 22.3 Å². The van der Waals surface area contributed by atoms with Gasteiger partial charge >= 0.3 is 0 Å². The summed E-state index contributed by atoms with van der Waals surface area (Å²) in [6, 6.07) is 18.1. The van der Waals surface area contributed by atoms with Crippen molar-refractivity contribution in [1.82, 2.24) is 24.6 Å². The SMILES string of the molecule is CCC(C)(C)N1CC2(CCC(n3nc(-c4ccc(Oc5ccccc5)cc4)c4c(N)ncnc43)CC2)C1. The molecule has 7 heteroatoms. The molecular weight excluding hydrogens is 460 g/mol. The number of nitrogen functional groups attached to an aromatic ring is 1. The molecule has 2 aliphatic rings. The molecule has 0 unspecified atom stereocenters. The second kappa shape index (κ2) is 9.14. The molecule has 192 valence electrons. The quantitative estimate of drug-likeness (QED) is 0.329. The van der Waals surface area contributed by atoms with E-state index < -0.39 is 0 Å². The van der Waals surface area contributed by atoms with E-state index in [9.17, 15) is 0 Å². The predicted octanol–water partition coefficient (Wildman–Crippen LogP) is 6.47. The minimum Gasteiger partial charge on any atom is -0.457 e. The standard InChI is InChI=1S/C30H36N6O/c1-4-29(2,3)35-18-30(19-35)16-14-22(15-17-30)36-28-25(27(31)32-20-33-28)26(34-36)21-10-12-24(13-11-21)37-23-8-6-5-7-9-23/h5-13,20,22H,4,14-19H2,1-3H3,(H2,31,32,33). The molecule has 0 amide bonds. The van der Waals surface area contributed by atoms with Crippen LogP contribution in [0.2, 0.25) is 0 Å². The lowest BCUT2D eigenvalue weighted by molar-refractivity contribution is -0.0910. The molecule has 6 rings (SSSR count). The van der Waals surface area contributed by atoms with E-state index in [4.69, 9.17) is 15.6 Å². The molecule has 1 aliphatic carbocycles. The molecule has 1 aliphatic heterocycles. The Morgan fingerprint density at radius 1 is 0.973 bits per heavy atom. The lowest BCUT2D eigenvalue weighted by Crippen LogP contribution is -2.64. The van der Waals surface area contributed by atoms with Crippen LogP contribution in [0.3, 0.4) is 0 Å². The summed E-state index contributed by atoms with van der Waals surface area (Å²) in [5.74, 6) is 2.06.